The molecule has 1 atom stereocenters. The van der Waals surface area contributed by atoms with Crippen LogP contribution in [0.4, 0.5) is 5.69 Å². The van der Waals surface area contributed by atoms with Crippen molar-refractivity contribution in [2.75, 3.05) is 19.5 Å². The molecule has 0 aliphatic rings. The van der Waals surface area contributed by atoms with Crippen molar-refractivity contribution < 1.29 is 19.1 Å². The minimum Gasteiger partial charge on any atom is -0.493 e. The molecule has 0 bridgehead atoms. The number of nitrogens with two attached hydrogens (primary N) is 2. The lowest BCUT2D eigenvalue weighted by atomic mass is 10.1. The van der Waals surface area contributed by atoms with Crippen molar-refractivity contribution in [2.24, 2.45) is 11.5 Å². The van der Waals surface area contributed by atoms with Gasteiger partial charge in [-0.3, -0.25) is 9.59 Å². The van der Waals surface area contributed by atoms with Crippen molar-refractivity contribution in [3.8, 4) is 11.5 Å². The summed E-state index contributed by atoms with van der Waals surface area (Å²) in [5, 5.41) is 2.63. The van der Waals surface area contributed by atoms with Crippen LogP contribution >= 0.6 is 0 Å². The van der Waals surface area contributed by atoms with Crippen LogP contribution in [0.2, 0.25) is 0 Å². The van der Waals surface area contributed by atoms with E-state index in [1.807, 2.05) is 0 Å². The Morgan fingerprint density at radius 3 is 2.30 bits per heavy atom. The minimum absolute atomic E-state index is 0.210. The number of carbonyl (C=O) groups excluding carboxylic acids is 2. The van der Waals surface area contributed by atoms with E-state index in [0.717, 1.165) is 5.56 Å². The number of anilines is 1. The van der Waals surface area contributed by atoms with Gasteiger partial charge in [-0.25, -0.2) is 0 Å². The monoisotopic (exact) mass is 281 g/mol. The molecule has 0 aliphatic heterocycles. The number of amides is 2. The van der Waals surface area contributed by atoms with E-state index in [2.05, 4.69) is 5.32 Å². The SMILES string of the molecule is COc1cc(C)c(NC(=O)C(N)CC(N)=O)cc1OC. The van der Waals surface area contributed by atoms with E-state index in [0.29, 0.717) is 17.2 Å². The van der Waals surface area contributed by atoms with E-state index in [9.17, 15) is 9.59 Å². The summed E-state index contributed by atoms with van der Waals surface area (Å²) < 4.78 is 10.3. The Hall–Kier alpha value is -2.28. The lowest BCUT2D eigenvalue weighted by Gasteiger charge is -2.15. The third kappa shape index (κ3) is 3.86. The average Bonchev–Trinajstić information content (AvgIpc) is 2.39. The van der Waals surface area contributed by atoms with E-state index in [1.54, 1.807) is 19.1 Å². The summed E-state index contributed by atoms with van der Waals surface area (Å²) in [6.07, 6.45) is -0.210. The third-order valence-electron chi connectivity index (χ3n) is 2.75. The molecule has 0 heterocycles. The maximum Gasteiger partial charge on any atom is 0.241 e. The fraction of sp³-hybridized carbons (Fsp3) is 0.385. The minimum atomic E-state index is -0.986. The fourth-order valence-electron chi connectivity index (χ4n) is 1.65. The Bertz CT molecular complexity index is 517. The normalized spacial score (nSPS) is 11.6. The van der Waals surface area contributed by atoms with Gasteiger partial charge in [-0.05, 0) is 18.6 Å². The van der Waals surface area contributed by atoms with Gasteiger partial charge >= 0.3 is 0 Å². The molecule has 2 amide bonds. The average molecular weight is 281 g/mol. The molecule has 7 nitrogen and oxygen atoms in total. The number of hydrogen-bond acceptors (Lipinski definition) is 5. The second-order valence-electron chi connectivity index (χ2n) is 4.29. The summed E-state index contributed by atoms with van der Waals surface area (Å²) in [4.78, 5) is 22.6. The molecular formula is C13H19N3O4. The Balaban J connectivity index is 2.92. The van der Waals surface area contributed by atoms with E-state index in [4.69, 9.17) is 20.9 Å². The van der Waals surface area contributed by atoms with Gasteiger partial charge in [0.2, 0.25) is 11.8 Å². The van der Waals surface area contributed by atoms with Gasteiger partial charge in [0.25, 0.3) is 0 Å². The number of rotatable bonds is 6. The smallest absolute Gasteiger partial charge is 0.241 e. The van der Waals surface area contributed by atoms with Crippen LogP contribution in [0.15, 0.2) is 12.1 Å². The highest BCUT2D eigenvalue weighted by Crippen LogP contribution is 2.32. The Kier molecular flexibility index (Phi) is 5.33. The first-order chi connectivity index (χ1) is 9.38. The summed E-state index contributed by atoms with van der Waals surface area (Å²) >= 11 is 0. The van der Waals surface area contributed by atoms with Crippen LogP contribution < -0.4 is 26.3 Å². The molecule has 110 valence electrons. The van der Waals surface area contributed by atoms with Crippen LogP contribution in [-0.2, 0) is 9.59 Å². The van der Waals surface area contributed by atoms with Crippen molar-refractivity contribution in [1.29, 1.82) is 0 Å². The fourth-order valence-corrected chi connectivity index (χ4v) is 1.65. The molecule has 7 heteroatoms. The summed E-state index contributed by atoms with van der Waals surface area (Å²) in [5.74, 6) is -0.0721. The molecule has 0 spiro atoms. The largest absolute Gasteiger partial charge is 0.493 e. The molecule has 0 aromatic heterocycles. The lowest BCUT2D eigenvalue weighted by molar-refractivity contribution is -0.123. The number of aryl methyl sites for hydroxylation is 1. The number of nitrogens with one attached hydrogen (secondary N) is 1. The second kappa shape index (κ2) is 6.76. The molecular weight excluding hydrogens is 262 g/mol. The summed E-state index contributed by atoms with van der Waals surface area (Å²) in [7, 11) is 3.02. The molecule has 0 radical (unpaired) electrons. The maximum atomic E-state index is 11.8. The topological polar surface area (TPSA) is 117 Å². The van der Waals surface area contributed by atoms with Crippen molar-refractivity contribution in [3.63, 3.8) is 0 Å². The van der Waals surface area contributed by atoms with E-state index in [1.165, 1.54) is 14.2 Å². The van der Waals surface area contributed by atoms with Gasteiger partial charge in [-0.15, -0.1) is 0 Å². The molecule has 5 N–H and O–H groups in total. The highest BCUT2D eigenvalue weighted by molar-refractivity contribution is 5.98. The van der Waals surface area contributed by atoms with Crippen molar-refractivity contribution in [2.45, 2.75) is 19.4 Å². The maximum absolute atomic E-state index is 11.8. The molecule has 1 unspecified atom stereocenters. The van der Waals surface area contributed by atoms with Gasteiger partial charge in [0, 0.05) is 11.8 Å². The molecule has 0 aliphatic carbocycles. The van der Waals surface area contributed by atoms with Crippen molar-refractivity contribution >= 4 is 17.5 Å². The van der Waals surface area contributed by atoms with Gasteiger partial charge in [0.15, 0.2) is 11.5 Å². The molecule has 0 fully saturated rings. The first-order valence-electron chi connectivity index (χ1n) is 5.96. The van der Waals surface area contributed by atoms with Crippen LogP contribution in [-0.4, -0.2) is 32.1 Å². The second-order valence-corrected chi connectivity index (χ2v) is 4.29. The summed E-state index contributed by atoms with van der Waals surface area (Å²) in [5.41, 5.74) is 11.9. The van der Waals surface area contributed by atoms with Gasteiger partial charge in [0.05, 0.1) is 26.7 Å². The van der Waals surface area contributed by atoms with E-state index < -0.39 is 17.9 Å². The first-order valence-corrected chi connectivity index (χ1v) is 5.96. The zero-order chi connectivity index (χ0) is 15.3. The van der Waals surface area contributed by atoms with Crippen molar-refractivity contribution in [1.82, 2.24) is 0 Å². The summed E-state index contributed by atoms with van der Waals surface area (Å²) in [6, 6.07) is 2.37. The Labute approximate surface area is 117 Å². The number of benzene rings is 1. The zero-order valence-corrected chi connectivity index (χ0v) is 11.7. The van der Waals surface area contributed by atoms with E-state index in [-0.39, 0.29) is 6.42 Å². The van der Waals surface area contributed by atoms with Crippen molar-refractivity contribution in [3.05, 3.63) is 17.7 Å². The molecule has 20 heavy (non-hydrogen) atoms. The van der Waals surface area contributed by atoms with Gasteiger partial charge in [-0.1, -0.05) is 0 Å². The highest BCUT2D eigenvalue weighted by atomic mass is 16.5. The molecule has 1 rings (SSSR count). The highest BCUT2D eigenvalue weighted by Gasteiger charge is 2.18. The molecule has 0 saturated heterocycles. The molecule has 0 saturated carbocycles. The first kappa shape index (κ1) is 15.8. The number of hydrogen-bond donors (Lipinski definition) is 3. The van der Waals surface area contributed by atoms with Gasteiger partial charge < -0.3 is 26.3 Å². The predicted octanol–water partition coefficient (Wildman–Crippen LogP) is 0.153. The number of carbonyl (C=O) groups is 2. The van der Waals surface area contributed by atoms with Crippen LogP contribution in [0.25, 0.3) is 0 Å². The van der Waals surface area contributed by atoms with Crippen LogP contribution in [0.1, 0.15) is 12.0 Å². The standard InChI is InChI=1S/C13H19N3O4/c1-7-4-10(19-2)11(20-3)6-9(7)16-13(18)8(14)5-12(15)17/h4,6,8H,5,14H2,1-3H3,(H2,15,17)(H,16,18). The third-order valence-corrected chi connectivity index (χ3v) is 2.75. The zero-order valence-electron chi connectivity index (χ0n) is 11.7. The van der Waals surface area contributed by atoms with Crippen LogP contribution in [0.3, 0.4) is 0 Å². The quantitative estimate of drug-likeness (QED) is 0.686. The van der Waals surface area contributed by atoms with E-state index >= 15 is 0 Å². The van der Waals surface area contributed by atoms with Crippen LogP contribution in [0.5, 0.6) is 11.5 Å². The number of methoxy groups -OCH3 is 2. The predicted molar refractivity (Wildman–Crippen MR) is 74.7 cm³/mol. The lowest BCUT2D eigenvalue weighted by Crippen LogP contribution is -2.39. The number of ether oxygens (including phenoxy) is 2. The number of primary amides is 1. The molecule has 1 aromatic carbocycles. The Morgan fingerprint density at radius 2 is 1.80 bits per heavy atom. The Morgan fingerprint density at radius 1 is 1.25 bits per heavy atom. The molecule has 1 aromatic rings. The van der Waals surface area contributed by atoms with Crippen LogP contribution in [0, 0.1) is 6.92 Å². The van der Waals surface area contributed by atoms with Gasteiger partial charge in [0.1, 0.15) is 0 Å². The van der Waals surface area contributed by atoms with Gasteiger partial charge in [-0.2, -0.15) is 0 Å². The summed E-state index contributed by atoms with van der Waals surface area (Å²) in [6.45, 7) is 1.80.